The fourth-order valence-electron chi connectivity index (χ4n) is 3.64. The number of carbonyl (C=O) groups excluding carboxylic acids is 1. The van der Waals surface area contributed by atoms with Gasteiger partial charge in [0.05, 0.1) is 12.6 Å². The second kappa shape index (κ2) is 5.71. The number of hydrogen-bond acceptors (Lipinski definition) is 3. The third kappa shape index (κ3) is 2.26. The molecular formula is C20H20N2O2. The molecule has 0 saturated heterocycles. The molecule has 24 heavy (non-hydrogen) atoms. The SMILES string of the molecule is COc1ccc2c(c1)c1c(n2C(=O)c2ccc(N)cc2)CCCC1. The largest absolute Gasteiger partial charge is 0.497 e. The van der Waals surface area contributed by atoms with E-state index in [4.69, 9.17) is 10.5 Å². The van der Waals surface area contributed by atoms with Gasteiger partial charge in [-0.05, 0) is 73.7 Å². The lowest BCUT2D eigenvalue weighted by molar-refractivity contribution is 0.0961. The molecular weight excluding hydrogens is 300 g/mol. The van der Waals surface area contributed by atoms with Gasteiger partial charge in [-0.2, -0.15) is 0 Å². The summed E-state index contributed by atoms with van der Waals surface area (Å²) in [5, 5.41) is 1.13. The van der Waals surface area contributed by atoms with Gasteiger partial charge in [-0.1, -0.05) is 0 Å². The van der Waals surface area contributed by atoms with Gasteiger partial charge in [0.15, 0.2) is 0 Å². The third-order valence-electron chi connectivity index (χ3n) is 4.84. The van der Waals surface area contributed by atoms with Crippen LogP contribution in [0.3, 0.4) is 0 Å². The van der Waals surface area contributed by atoms with E-state index < -0.39 is 0 Å². The molecule has 4 heteroatoms. The van der Waals surface area contributed by atoms with Gasteiger partial charge in [0.2, 0.25) is 0 Å². The van der Waals surface area contributed by atoms with E-state index in [-0.39, 0.29) is 5.91 Å². The van der Waals surface area contributed by atoms with Gasteiger partial charge in [0, 0.05) is 22.3 Å². The van der Waals surface area contributed by atoms with Gasteiger partial charge < -0.3 is 10.5 Å². The van der Waals surface area contributed by atoms with Crippen molar-refractivity contribution in [2.45, 2.75) is 25.7 Å². The summed E-state index contributed by atoms with van der Waals surface area (Å²) in [5.74, 6) is 0.835. The maximum absolute atomic E-state index is 13.2. The Kier molecular flexibility index (Phi) is 3.53. The molecule has 122 valence electrons. The molecule has 0 unspecified atom stereocenters. The normalized spacial score (nSPS) is 13.7. The van der Waals surface area contributed by atoms with Crippen molar-refractivity contribution in [3.05, 3.63) is 59.3 Å². The first-order valence-electron chi connectivity index (χ1n) is 8.29. The minimum absolute atomic E-state index is 0.00770. The van der Waals surface area contributed by atoms with Crippen LogP contribution in [0, 0.1) is 0 Å². The first-order valence-corrected chi connectivity index (χ1v) is 8.29. The van der Waals surface area contributed by atoms with E-state index in [0.717, 1.165) is 41.6 Å². The van der Waals surface area contributed by atoms with Crippen LogP contribution in [0.2, 0.25) is 0 Å². The number of nitrogen functional groups attached to an aromatic ring is 1. The number of hydrogen-bond donors (Lipinski definition) is 1. The van der Waals surface area contributed by atoms with Gasteiger partial charge in [-0.3, -0.25) is 9.36 Å². The molecule has 4 nitrogen and oxygen atoms in total. The molecule has 2 aromatic carbocycles. The number of aromatic nitrogens is 1. The molecule has 0 bridgehead atoms. The Bertz CT molecular complexity index is 923. The number of methoxy groups -OCH3 is 1. The van der Waals surface area contributed by atoms with Crippen molar-refractivity contribution in [3.8, 4) is 5.75 Å². The summed E-state index contributed by atoms with van der Waals surface area (Å²) in [6.45, 7) is 0. The van der Waals surface area contributed by atoms with Crippen molar-refractivity contribution in [1.82, 2.24) is 4.57 Å². The molecule has 1 aliphatic carbocycles. The minimum Gasteiger partial charge on any atom is -0.497 e. The molecule has 0 aliphatic heterocycles. The van der Waals surface area contributed by atoms with Gasteiger partial charge in [0.25, 0.3) is 5.91 Å². The Morgan fingerprint density at radius 3 is 2.58 bits per heavy atom. The van der Waals surface area contributed by atoms with Crippen LogP contribution < -0.4 is 10.5 Å². The number of nitrogens with two attached hydrogens (primary N) is 1. The van der Waals surface area contributed by atoms with Gasteiger partial charge in [-0.15, -0.1) is 0 Å². The lowest BCUT2D eigenvalue weighted by Crippen LogP contribution is -2.17. The Morgan fingerprint density at radius 2 is 1.83 bits per heavy atom. The smallest absolute Gasteiger partial charge is 0.262 e. The number of ether oxygens (including phenoxy) is 1. The van der Waals surface area contributed by atoms with Gasteiger partial charge >= 0.3 is 0 Å². The van der Waals surface area contributed by atoms with E-state index in [1.54, 1.807) is 31.4 Å². The number of carbonyl (C=O) groups is 1. The van der Waals surface area contributed by atoms with E-state index in [0.29, 0.717) is 11.3 Å². The van der Waals surface area contributed by atoms with Crippen molar-refractivity contribution in [3.63, 3.8) is 0 Å². The Balaban J connectivity index is 1.94. The average Bonchev–Trinajstić information content (AvgIpc) is 2.95. The van der Waals surface area contributed by atoms with E-state index in [1.165, 1.54) is 12.0 Å². The van der Waals surface area contributed by atoms with Crippen LogP contribution in [0.25, 0.3) is 10.9 Å². The van der Waals surface area contributed by atoms with Crippen molar-refractivity contribution in [2.24, 2.45) is 0 Å². The fourth-order valence-corrected chi connectivity index (χ4v) is 3.64. The molecule has 0 radical (unpaired) electrons. The molecule has 0 amide bonds. The highest BCUT2D eigenvalue weighted by atomic mass is 16.5. The highest BCUT2D eigenvalue weighted by molar-refractivity contribution is 6.04. The quantitative estimate of drug-likeness (QED) is 0.731. The Morgan fingerprint density at radius 1 is 1.08 bits per heavy atom. The van der Waals surface area contributed by atoms with Crippen molar-refractivity contribution >= 4 is 22.5 Å². The number of benzene rings is 2. The Labute approximate surface area is 140 Å². The van der Waals surface area contributed by atoms with E-state index in [9.17, 15) is 4.79 Å². The molecule has 3 aromatic rings. The molecule has 0 fully saturated rings. The van der Waals surface area contributed by atoms with Gasteiger partial charge in [0.1, 0.15) is 5.75 Å². The minimum atomic E-state index is 0.00770. The highest BCUT2D eigenvalue weighted by Gasteiger charge is 2.24. The molecule has 0 spiro atoms. The predicted octanol–water partition coefficient (Wildman–Crippen LogP) is 3.80. The van der Waals surface area contributed by atoms with Crippen molar-refractivity contribution < 1.29 is 9.53 Å². The average molecular weight is 320 g/mol. The standard InChI is InChI=1S/C20H20N2O2/c1-24-15-10-11-19-17(12-15)16-4-2-3-5-18(16)22(19)20(23)13-6-8-14(21)9-7-13/h6-12H,2-5,21H2,1H3. The lowest BCUT2D eigenvalue weighted by atomic mass is 9.95. The second-order valence-corrected chi connectivity index (χ2v) is 6.28. The molecule has 0 atom stereocenters. The summed E-state index contributed by atoms with van der Waals surface area (Å²) in [7, 11) is 1.67. The zero-order valence-electron chi connectivity index (χ0n) is 13.7. The molecule has 2 N–H and O–H groups in total. The van der Waals surface area contributed by atoms with Crippen LogP contribution in [0.5, 0.6) is 5.75 Å². The van der Waals surface area contributed by atoms with Crippen molar-refractivity contribution in [2.75, 3.05) is 12.8 Å². The Hall–Kier alpha value is -2.75. The fraction of sp³-hybridized carbons (Fsp3) is 0.250. The monoisotopic (exact) mass is 320 g/mol. The van der Waals surface area contributed by atoms with Crippen LogP contribution in [0.15, 0.2) is 42.5 Å². The van der Waals surface area contributed by atoms with E-state index in [2.05, 4.69) is 0 Å². The summed E-state index contributed by atoms with van der Waals surface area (Å²) in [6, 6.07) is 13.1. The van der Waals surface area contributed by atoms with Crippen LogP contribution in [0.4, 0.5) is 5.69 Å². The molecule has 1 heterocycles. The molecule has 1 aromatic heterocycles. The highest BCUT2D eigenvalue weighted by Crippen LogP contribution is 2.34. The number of nitrogens with zero attached hydrogens (tertiary/aromatic N) is 1. The van der Waals surface area contributed by atoms with E-state index >= 15 is 0 Å². The predicted molar refractivity (Wildman–Crippen MR) is 95.7 cm³/mol. The number of fused-ring (bicyclic) bond motifs is 3. The van der Waals surface area contributed by atoms with Gasteiger partial charge in [-0.25, -0.2) is 0 Å². The van der Waals surface area contributed by atoms with Crippen LogP contribution >= 0.6 is 0 Å². The summed E-state index contributed by atoms with van der Waals surface area (Å²) in [6.07, 6.45) is 4.24. The summed E-state index contributed by atoms with van der Waals surface area (Å²) in [4.78, 5) is 13.2. The number of aryl methyl sites for hydroxylation is 1. The summed E-state index contributed by atoms with van der Waals surface area (Å²) >= 11 is 0. The van der Waals surface area contributed by atoms with Crippen LogP contribution in [-0.4, -0.2) is 17.6 Å². The number of rotatable bonds is 2. The topological polar surface area (TPSA) is 57.2 Å². The summed E-state index contributed by atoms with van der Waals surface area (Å²) in [5.41, 5.74) is 10.5. The van der Waals surface area contributed by atoms with Crippen LogP contribution in [0.1, 0.15) is 34.5 Å². The maximum atomic E-state index is 13.2. The maximum Gasteiger partial charge on any atom is 0.262 e. The third-order valence-corrected chi connectivity index (χ3v) is 4.84. The molecule has 1 aliphatic rings. The molecule has 4 rings (SSSR count). The molecule has 0 saturated carbocycles. The lowest BCUT2D eigenvalue weighted by Gasteiger charge is -2.15. The number of anilines is 1. The van der Waals surface area contributed by atoms with E-state index in [1.807, 2.05) is 22.8 Å². The zero-order chi connectivity index (χ0) is 16.7. The van der Waals surface area contributed by atoms with Crippen molar-refractivity contribution in [1.29, 1.82) is 0 Å². The van der Waals surface area contributed by atoms with Crippen LogP contribution in [-0.2, 0) is 12.8 Å². The second-order valence-electron chi connectivity index (χ2n) is 6.28. The zero-order valence-corrected chi connectivity index (χ0v) is 13.7. The first kappa shape index (κ1) is 14.8. The first-order chi connectivity index (χ1) is 11.7. The summed E-state index contributed by atoms with van der Waals surface area (Å²) < 4.78 is 7.26.